The van der Waals surface area contributed by atoms with Gasteiger partial charge in [-0.15, -0.1) is 0 Å². The van der Waals surface area contributed by atoms with Crippen molar-refractivity contribution in [1.82, 2.24) is 14.0 Å². The van der Waals surface area contributed by atoms with Crippen molar-refractivity contribution in [2.75, 3.05) is 55.1 Å². The fraction of sp³-hybridized carbons (Fsp3) is 1.00. The molecule has 15 heteroatoms. The molecule has 0 rings (SSSR count). The van der Waals surface area contributed by atoms with Gasteiger partial charge in [-0.3, -0.25) is 13.8 Å². The fourth-order valence-electron chi connectivity index (χ4n) is 2.64. The zero-order valence-electron chi connectivity index (χ0n) is 18.8. The molecule has 0 aliphatic heterocycles. The van der Waals surface area contributed by atoms with Crippen LogP contribution < -0.4 is 0 Å². The molecular weight excluding hydrogens is 457 g/mol. The third-order valence-corrected chi connectivity index (χ3v) is 10.1. The van der Waals surface area contributed by atoms with E-state index in [0.717, 1.165) is 4.67 Å². The molecule has 0 aromatic carbocycles. The van der Waals surface area contributed by atoms with Gasteiger partial charge in [0.05, 0.1) is 6.61 Å². The van der Waals surface area contributed by atoms with Crippen LogP contribution >= 0.6 is 7.51 Å². The van der Waals surface area contributed by atoms with Crippen molar-refractivity contribution in [3.05, 3.63) is 0 Å². The van der Waals surface area contributed by atoms with Gasteiger partial charge in [0.15, 0.2) is 15.7 Å². The highest BCUT2D eigenvalue weighted by Gasteiger charge is 2.52. The number of ether oxygens (including phenoxy) is 3. The lowest BCUT2D eigenvalue weighted by atomic mass is 10.6. The summed E-state index contributed by atoms with van der Waals surface area (Å²) in [5.74, 6) is 0. The van der Waals surface area contributed by atoms with Crippen molar-refractivity contribution >= 4 is 15.7 Å². The molecule has 7 nitrogen and oxygen atoms in total. The van der Waals surface area contributed by atoms with E-state index in [-0.39, 0.29) is 6.61 Å². The summed E-state index contributed by atoms with van der Waals surface area (Å²) in [6.45, 7) is 3.10. The summed E-state index contributed by atoms with van der Waals surface area (Å²) in [5.41, 5.74) is 0. The lowest BCUT2D eigenvalue weighted by Gasteiger charge is -2.50. The SMILES string of the molecule is CCOC(OCC(F)(F)F)(OCC(F)(F)F)N(C)P(=N[Si](C)(C)C)(N(C)C)N(C)C. The van der Waals surface area contributed by atoms with Crippen molar-refractivity contribution in [1.29, 1.82) is 0 Å². The lowest BCUT2D eigenvalue weighted by Crippen LogP contribution is -2.57. The highest BCUT2D eigenvalue weighted by molar-refractivity contribution is 7.60. The Morgan fingerprint density at radius 3 is 1.37 bits per heavy atom. The Hall–Kier alpha value is -0.213. The van der Waals surface area contributed by atoms with Crippen LogP contribution in [0.25, 0.3) is 0 Å². The first-order valence-electron chi connectivity index (χ1n) is 9.01. The second kappa shape index (κ2) is 10.6. The predicted octanol–water partition coefficient (Wildman–Crippen LogP) is 4.63. The van der Waals surface area contributed by atoms with Gasteiger partial charge in [0, 0.05) is 7.05 Å². The van der Waals surface area contributed by atoms with Crippen LogP contribution in [0.2, 0.25) is 19.6 Å². The van der Waals surface area contributed by atoms with Crippen LogP contribution in [0, 0.1) is 0 Å². The molecule has 0 saturated heterocycles. The van der Waals surface area contributed by atoms with Crippen molar-refractivity contribution in [3.8, 4) is 0 Å². The van der Waals surface area contributed by atoms with E-state index in [1.54, 1.807) is 37.5 Å². The van der Waals surface area contributed by atoms with Crippen LogP contribution in [0.1, 0.15) is 6.92 Å². The maximum Gasteiger partial charge on any atom is 0.412 e. The standard InChI is InChI=1S/C15H33F6N4O3PSi/c1-10-26-15(27-11-13(16,17)18,28-12-14(19,20)21)25(6)29(23(2)3,24(4)5)22-30(7,8)9/h10-12H2,1-9H3. The summed E-state index contributed by atoms with van der Waals surface area (Å²) >= 11 is 0. The summed E-state index contributed by atoms with van der Waals surface area (Å²) in [7, 11) is 2.49. The van der Waals surface area contributed by atoms with Crippen LogP contribution in [-0.4, -0.2) is 95.8 Å². The third kappa shape index (κ3) is 8.73. The number of hydrogen-bond donors (Lipinski definition) is 0. The van der Waals surface area contributed by atoms with Crippen LogP contribution in [-0.2, 0) is 14.2 Å². The molecule has 0 heterocycles. The largest absolute Gasteiger partial charge is 0.412 e. The number of rotatable bonds is 11. The quantitative estimate of drug-likeness (QED) is 0.182. The average molecular weight is 491 g/mol. The normalized spacial score (nSPS) is 14.9. The highest BCUT2D eigenvalue weighted by atomic mass is 31.2. The second-order valence-corrected chi connectivity index (χ2v) is 16.2. The van der Waals surface area contributed by atoms with Crippen molar-refractivity contribution in [2.45, 2.75) is 45.0 Å². The second-order valence-electron chi connectivity index (χ2n) is 7.79. The summed E-state index contributed by atoms with van der Waals surface area (Å²) in [4.78, 5) is 0. The molecule has 0 amide bonds. The molecule has 0 fully saturated rings. The predicted molar refractivity (Wildman–Crippen MR) is 106 cm³/mol. The van der Waals surface area contributed by atoms with Crippen LogP contribution in [0.3, 0.4) is 0 Å². The fourth-order valence-corrected chi connectivity index (χ4v) is 10.1. The third-order valence-electron chi connectivity index (χ3n) is 3.47. The Morgan fingerprint density at radius 1 is 0.767 bits per heavy atom. The van der Waals surface area contributed by atoms with Crippen molar-refractivity contribution in [2.24, 2.45) is 4.41 Å². The minimum Gasteiger partial charge on any atom is -0.314 e. The zero-order valence-corrected chi connectivity index (χ0v) is 20.7. The van der Waals surface area contributed by atoms with E-state index in [1.807, 2.05) is 19.6 Å². The van der Waals surface area contributed by atoms with E-state index in [2.05, 4.69) is 0 Å². The molecule has 30 heavy (non-hydrogen) atoms. The smallest absolute Gasteiger partial charge is 0.314 e. The number of alkyl halides is 6. The van der Waals surface area contributed by atoms with E-state index in [4.69, 9.17) is 18.6 Å². The van der Waals surface area contributed by atoms with Gasteiger partial charge in [0.2, 0.25) is 0 Å². The van der Waals surface area contributed by atoms with E-state index in [0.29, 0.717) is 0 Å². The Balaban J connectivity index is 6.78. The first kappa shape index (κ1) is 29.8. The van der Waals surface area contributed by atoms with E-state index >= 15 is 0 Å². The van der Waals surface area contributed by atoms with Gasteiger partial charge < -0.3 is 14.2 Å². The Kier molecular flexibility index (Phi) is 10.5. The topological polar surface area (TPSA) is 49.8 Å². The molecule has 0 saturated carbocycles. The average Bonchev–Trinajstić information content (AvgIpc) is 2.51. The van der Waals surface area contributed by atoms with Gasteiger partial charge in [-0.05, 0) is 54.8 Å². The molecule has 0 N–H and O–H groups in total. The van der Waals surface area contributed by atoms with Gasteiger partial charge in [-0.1, -0.05) is 0 Å². The summed E-state index contributed by atoms with van der Waals surface area (Å²) in [5, 5.41) is 0. The highest BCUT2D eigenvalue weighted by Crippen LogP contribution is 2.60. The van der Waals surface area contributed by atoms with E-state index in [9.17, 15) is 26.3 Å². The molecule has 0 aromatic heterocycles. The molecular formula is C15H33F6N4O3PSi. The zero-order chi connectivity index (χ0) is 24.2. The first-order valence-corrected chi connectivity index (χ1v) is 14.1. The Morgan fingerprint density at radius 2 is 1.13 bits per heavy atom. The Labute approximate surface area is 175 Å². The van der Waals surface area contributed by atoms with E-state index in [1.165, 1.54) is 14.0 Å². The maximum absolute atomic E-state index is 12.9. The van der Waals surface area contributed by atoms with Crippen LogP contribution in [0.5, 0.6) is 0 Å². The maximum atomic E-state index is 12.9. The van der Waals surface area contributed by atoms with Crippen LogP contribution in [0.4, 0.5) is 26.3 Å². The minimum absolute atomic E-state index is 0.270. The summed E-state index contributed by atoms with van der Waals surface area (Å²) in [6.07, 6.45) is -12.4. The molecule has 0 aliphatic carbocycles. The van der Waals surface area contributed by atoms with Gasteiger partial charge in [-0.2, -0.15) is 31.0 Å². The molecule has 0 spiro atoms. The van der Waals surface area contributed by atoms with Gasteiger partial charge >= 0.3 is 18.4 Å². The molecule has 0 atom stereocenters. The van der Waals surface area contributed by atoms with Crippen molar-refractivity contribution in [3.63, 3.8) is 0 Å². The minimum atomic E-state index is -4.82. The van der Waals surface area contributed by atoms with Gasteiger partial charge in [0.1, 0.15) is 13.2 Å². The lowest BCUT2D eigenvalue weighted by molar-refractivity contribution is -0.449. The first-order chi connectivity index (χ1) is 13.2. The van der Waals surface area contributed by atoms with E-state index < -0.39 is 47.4 Å². The summed E-state index contributed by atoms with van der Waals surface area (Å²) in [6, 6.07) is 0. The Bertz CT molecular complexity index is 566. The van der Waals surface area contributed by atoms with Crippen LogP contribution in [0.15, 0.2) is 4.41 Å². The number of halogens is 6. The molecule has 0 radical (unpaired) electrons. The monoisotopic (exact) mass is 490 g/mol. The van der Waals surface area contributed by atoms with Crippen molar-refractivity contribution < 1.29 is 40.6 Å². The molecule has 182 valence electrons. The van der Waals surface area contributed by atoms with Gasteiger partial charge in [-0.25, -0.2) is 0 Å². The molecule has 0 aromatic rings. The van der Waals surface area contributed by atoms with Gasteiger partial charge in [0.25, 0.3) is 0 Å². The number of nitrogens with zero attached hydrogens (tertiary/aromatic N) is 4. The molecule has 0 bridgehead atoms. The molecule has 0 aliphatic rings. The summed E-state index contributed by atoms with van der Waals surface area (Å²) < 4.78 is 102. The number of hydrogen-bond acceptors (Lipinski definition) is 4. The molecule has 0 unspecified atom stereocenters.